The van der Waals surface area contributed by atoms with Crippen LogP contribution < -0.4 is 0 Å². The molecule has 0 saturated heterocycles. The lowest BCUT2D eigenvalue weighted by Gasteiger charge is -2.20. The van der Waals surface area contributed by atoms with Gasteiger partial charge in [0.1, 0.15) is 5.82 Å². The van der Waals surface area contributed by atoms with Gasteiger partial charge in [-0.05, 0) is 37.1 Å². The molecule has 1 fully saturated rings. The highest BCUT2D eigenvalue weighted by molar-refractivity contribution is 5.28. The third kappa shape index (κ3) is 3.20. The van der Waals surface area contributed by atoms with Gasteiger partial charge in [0.25, 0.3) is 0 Å². The van der Waals surface area contributed by atoms with Crippen LogP contribution in [0.3, 0.4) is 0 Å². The molecule has 1 saturated carbocycles. The molecule has 0 aliphatic heterocycles. The van der Waals surface area contributed by atoms with Gasteiger partial charge in [-0.2, -0.15) is 0 Å². The lowest BCUT2D eigenvalue weighted by Crippen LogP contribution is -2.28. The van der Waals surface area contributed by atoms with Gasteiger partial charge in [-0.25, -0.2) is 4.39 Å². The van der Waals surface area contributed by atoms with E-state index in [-0.39, 0.29) is 5.82 Å². The maximum absolute atomic E-state index is 12.9. The molecule has 1 nitrogen and oxygen atoms in total. The summed E-state index contributed by atoms with van der Waals surface area (Å²) in [5, 5.41) is 0. The Hall–Kier alpha value is -1.15. The number of nitrogens with zero attached hydrogens (tertiary/aromatic N) is 1. The second kappa shape index (κ2) is 6.14. The van der Waals surface area contributed by atoms with Gasteiger partial charge in [-0.3, -0.25) is 4.90 Å². The number of hydrogen-bond acceptors (Lipinski definition) is 1. The van der Waals surface area contributed by atoms with Gasteiger partial charge >= 0.3 is 0 Å². The van der Waals surface area contributed by atoms with Gasteiger partial charge in [-0.1, -0.05) is 31.6 Å². The summed E-state index contributed by atoms with van der Waals surface area (Å²) >= 11 is 0. The lowest BCUT2D eigenvalue weighted by molar-refractivity contribution is 0.282. The largest absolute Gasteiger partial charge is 0.296 e. The fourth-order valence-electron chi connectivity index (χ4n) is 2.57. The third-order valence-electron chi connectivity index (χ3n) is 3.69. The van der Waals surface area contributed by atoms with E-state index in [0.717, 1.165) is 13.1 Å². The van der Waals surface area contributed by atoms with E-state index in [4.69, 9.17) is 0 Å². The average molecular weight is 247 g/mol. The number of rotatable bonds is 7. The molecule has 0 spiro atoms. The van der Waals surface area contributed by atoms with Crippen molar-refractivity contribution in [2.24, 2.45) is 0 Å². The van der Waals surface area contributed by atoms with E-state index in [0.29, 0.717) is 12.0 Å². The smallest absolute Gasteiger partial charge is 0.123 e. The number of halogens is 1. The van der Waals surface area contributed by atoms with Crippen LogP contribution >= 0.6 is 0 Å². The van der Waals surface area contributed by atoms with Gasteiger partial charge in [0.15, 0.2) is 0 Å². The molecule has 0 N–H and O–H groups in total. The molecule has 0 amide bonds. The molecule has 2 atom stereocenters. The maximum atomic E-state index is 12.9. The van der Waals surface area contributed by atoms with E-state index in [2.05, 4.69) is 18.4 Å². The summed E-state index contributed by atoms with van der Waals surface area (Å²) in [6.07, 6.45) is 5.64. The van der Waals surface area contributed by atoms with Crippen molar-refractivity contribution in [3.05, 3.63) is 48.3 Å². The molecule has 1 aliphatic rings. The van der Waals surface area contributed by atoms with Crippen LogP contribution in [0.25, 0.3) is 0 Å². The molecule has 0 heterocycles. The van der Waals surface area contributed by atoms with Crippen LogP contribution in [0, 0.1) is 5.82 Å². The highest BCUT2D eigenvalue weighted by atomic mass is 19.1. The van der Waals surface area contributed by atoms with E-state index < -0.39 is 0 Å². The molecule has 2 rings (SSSR count). The quantitative estimate of drug-likeness (QED) is 0.659. The molecule has 1 aromatic rings. The molecular weight excluding hydrogens is 225 g/mol. The zero-order valence-corrected chi connectivity index (χ0v) is 11.1. The van der Waals surface area contributed by atoms with Crippen molar-refractivity contribution in [1.29, 1.82) is 0 Å². The first-order valence-corrected chi connectivity index (χ1v) is 6.86. The maximum Gasteiger partial charge on any atom is 0.123 e. The van der Waals surface area contributed by atoms with Gasteiger partial charge < -0.3 is 0 Å². The Balaban J connectivity index is 1.94. The van der Waals surface area contributed by atoms with Crippen LogP contribution in [-0.2, 0) is 0 Å². The first-order valence-electron chi connectivity index (χ1n) is 6.86. The Morgan fingerprint density at radius 3 is 2.72 bits per heavy atom. The number of unbranched alkanes of at least 4 members (excludes halogenated alkanes) is 1. The van der Waals surface area contributed by atoms with Crippen LogP contribution in [-0.4, -0.2) is 24.0 Å². The summed E-state index contributed by atoms with van der Waals surface area (Å²) in [6, 6.07) is 7.60. The Morgan fingerprint density at radius 1 is 1.39 bits per heavy atom. The normalized spacial score (nSPS) is 22.2. The first kappa shape index (κ1) is 13.3. The summed E-state index contributed by atoms with van der Waals surface area (Å²) in [5.41, 5.74) is 1.27. The third-order valence-corrected chi connectivity index (χ3v) is 3.69. The van der Waals surface area contributed by atoms with Gasteiger partial charge in [-0.15, -0.1) is 6.58 Å². The summed E-state index contributed by atoms with van der Waals surface area (Å²) in [4.78, 5) is 2.50. The van der Waals surface area contributed by atoms with E-state index >= 15 is 0 Å². The van der Waals surface area contributed by atoms with Crippen molar-refractivity contribution >= 4 is 0 Å². The van der Waals surface area contributed by atoms with Crippen molar-refractivity contribution in [2.45, 2.75) is 38.1 Å². The van der Waals surface area contributed by atoms with Crippen LogP contribution in [0.15, 0.2) is 36.9 Å². The Kier molecular flexibility index (Phi) is 4.54. The number of benzene rings is 1. The van der Waals surface area contributed by atoms with E-state index in [1.165, 1.54) is 24.8 Å². The van der Waals surface area contributed by atoms with Crippen molar-refractivity contribution in [1.82, 2.24) is 4.90 Å². The minimum Gasteiger partial charge on any atom is -0.296 e. The van der Waals surface area contributed by atoms with Crippen LogP contribution in [0.4, 0.5) is 4.39 Å². The average Bonchev–Trinajstić information content (AvgIpc) is 3.15. The molecule has 2 heteroatoms. The Morgan fingerprint density at radius 2 is 2.11 bits per heavy atom. The molecule has 1 aromatic carbocycles. The second-order valence-electron chi connectivity index (χ2n) is 5.10. The van der Waals surface area contributed by atoms with E-state index in [1.807, 2.05) is 18.2 Å². The van der Waals surface area contributed by atoms with Crippen molar-refractivity contribution in [2.75, 3.05) is 13.1 Å². The number of hydrogen-bond donors (Lipinski definition) is 0. The molecule has 2 unspecified atom stereocenters. The fraction of sp³-hybridized carbons (Fsp3) is 0.500. The summed E-state index contributed by atoms with van der Waals surface area (Å²) in [7, 11) is 0. The van der Waals surface area contributed by atoms with E-state index in [9.17, 15) is 4.39 Å². The SMILES string of the molecule is C=CCN(CCCC)C1CC1c1ccc(F)cc1. The summed E-state index contributed by atoms with van der Waals surface area (Å²) in [6.45, 7) is 8.16. The van der Waals surface area contributed by atoms with Gasteiger partial charge in [0.2, 0.25) is 0 Å². The topological polar surface area (TPSA) is 3.24 Å². The Bertz CT molecular complexity index is 385. The van der Waals surface area contributed by atoms with Crippen LogP contribution in [0.1, 0.15) is 37.7 Å². The second-order valence-corrected chi connectivity index (χ2v) is 5.10. The Labute approximate surface area is 109 Å². The predicted octanol–water partition coefficient (Wildman–Crippen LogP) is 3.97. The summed E-state index contributed by atoms with van der Waals surface area (Å²) in [5.74, 6) is 0.437. The molecule has 98 valence electrons. The van der Waals surface area contributed by atoms with E-state index in [1.54, 1.807) is 12.1 Å². The molecule has 1 aliphatic carbocycles. The molecule has 0 radical (unpaired) electrons. The lowest BCUT2D eigenvalue weighted by atomic mass is 10.1. The van der Waals surface area contributed by atoms with Crippen molar-refractivity contribution in [3.8, 4) is 0 Å². The molecule has 0 aromatic heterocycles. The standard InChI is InChI=1S/C16H22FN/c1-3-5-11-18(10-4-2)16-12-15(16)13-6-8-14(17)9-7-13/h4,6-9,15-16H,2-3,5,10-12H2,1H3. The van der Waals surface area contributed by atoms with Crippen molar-refractivity contribution in [3.63, 3.8) is 0 Å². The van der Waals surface area contributed by atoms with Crippen molar-refractivity contribution < 1.29 is 4.39 Å². The zero-order chi connectivity index (χ0) is 13.0. The minimum atomic E-state index is -0.148. The highest BCUT2D eigenvalue weighted by Gasteiger charge is 2.41. The molecule has 18 heavy (non-hydrogen) atoms. The fourth-order valence-corrected chi connectivity index (χ4v) is 2.57. The minimum absolute atomic E-state index is 0.148. The zero-order valence-electron chi connectivity index (χ0n) is 11.1. The van der Waals surface area contributed by atoms with Gasteiger partial charge in [0, 0.05) is 18.5 Å². The van der Waals surface area contributed by atoms with Crippen LogP contribution in [0.5, 0.6) is 0 Å². The predicted molar refractivity (Wildman–Crippen MR) is 74.2 cm³/mol. The first-order chi connectivity index (χ1) is 8.76. The summed E-state index contributed by atoms with van der Waals surface area (Å²) < 4.78 is 12.9. The monoisotopic (exact) mass is 247 g/mol. The highest BCUT2D eigenvalue weighted by Crippen LogP contribution is 2.44. The molecule has 0 bridgehead atoms. The van der Waals surface area contributed by atoms with Crippen LogP contribution in [0.2, 0.25) is 0 Å². The van der Waals surface area contributed by atoms with Gasteiger partial charge in [0.05, 0.1) is 0 Å². The molecular formula is C16H22FN.